The lowest BCUT2D eigenvalue weighted by atomic mass is 9.72. The van der Waals surface area contributed by atoms with Crippen molar-refractivity contribution in [3.63, 3.8) is 0 Å². The van der Waals surface area contributed by atoms with Gasteiger partial charge in [-0.1, -0.05) is 63.2 Å². The van der Waals surface area contributed by atoms with Crippen LogP contribution in [-0.4, -0.2) is 24.9 Å². The smallest absolute Gasteiger partial charge is 0.404 e. The summed E-state index contributed by atoms with van der Waals surface area (Å²) < 4.78 is 16.7. The van der Waals surface area contributed by atoms with Crippen LogP contribution in [0.15, 0.2) is 54.6 Å². The number of hydrogen-bond donors (Lipinski definition) is 1. The molecular weight excluding hydrogens is 342 g/mol. The van der Waals surface area contributed by atoms with E-state index in [1.54, 1.807) is 0 Å². The van der Waals surface area contributed by atoms with Gasteiger partial charge in [-0.2, -0.15) is 0 Å². The van der Waals surface area contributed by atoms with Crippen LogP contribution >= 0.6 is 0 Å². The van der Waals surface area contributed by atoms with Gasteiger partial charge in [0.25, 0.3) is 0 Å². The van der Waals surface area contributed by atoms with Crippen LogP contribution in [0.25, 0.3) is 0 Å². The normalized spacial score (nSPS) is 18.4. The summed E-state index contributed by atoms with van der Waals surface area (Å²) >= 11 is 0. The van der Waals surface area contributed by atoms with E-state index in [9.17, 15) is 4.79 Å². The number of hydrogen-bond acceptors (Lipinski definition) is 4. The number of carbonyl (C=O) groups is 1. The van der Waals surface area contributed by atoms with Crippen molar-refractivity contribution in [3.8, 4) is 5.75 Å². The van der Waals surface area contributed by atoms with Gasteiger partial charge in [-0.05, 0) is 28.7 Å². The Morgan fingerprint density at radius 2 is 1.78 bits per heavy atom. The highest BCUT2D eigenvalue weighted by molar-refractivity contribution is 5.65. The average Bonchev–Trinajstić information content (AvgIpc) is 3.45. The second-order valence-corrected chi connectivity index (χ2v) is 7.96. The van der Waals surface area contributed by atoms with Crippen LogP contribution in [0, 0.1) is 5.41 Å². The van der Waals surface area contributed by atoms with Crippen molar-refractivity contribution >= 4 is 6.09 Å². The molecular formula is C22H27NO4. The van der Waals surface area contributed by atoms with E-state index in [-0.39, 0.29) is 17.4 Å². The van der Waals surface area contributed by atoms with Crippen LogP contribution in [0.5, 0.6) is 5.75 Å². The molecule has 2 aromatic rings. The van der Waals surface area contributed by atoms with Gasteiger partial charge in [-0.25, -0.2) is 4.79 Å². The summed E-state index contributed by atoms with van der Waals surface area (Å²) in [6.07, 6.45) is -1.28. The molecule has 1 unspecified atom stereocenters. The third-order valence-corrected chi connectivity index (χ3v) is 4.73. The number of carbonyl (C=O) groups excluding carboxylic acids is 1. The van der Waals surface area contributed by atoms with Crippen molar-refractivity contribution in [3.05, 3.63) is 65.7 Å². The largest absolute Gasteiger partial charge is 0.489 e. The molecule has 1 heterocycles. The fourth-order valence-electron chi connectivity index (χ4n) is 3.43. The Kier molecular flexibility index (Phi) is 5.71. The number of primary amides is 1. The fraction of sp³-hybridized carbons (Fsp3) is 0.409. The van der Waals surface area contributed by atoms with E-state index in [2.05, 4.69) is 20.8 Å². The molecule has 1 aliphatic heterocycles. The molecule has 144 valence electrons. The zero-order valence-electron chi connectivity index (χ0n) is 16.1. The molecule has 1 aliphatic rings. The van der Waals surface area contributed by atoms with E-state index in [0.29, 0.717) is 13.2 Å². The molecule has 0 aromatic heterocycles. The van der Waals surface area contributed by atoms with Gasteiger partial charge in [0.2, 0.25) is 0 Å². The van der Waals surface area contributed by atoms with Gasteiger partial charge in [0.15, 0.2) is 0 Å². The molecule has 0 radical (unpaired) electrons. The molecule has 3 rings (SSSR count). The molecule has 1 amide bonds. The van der Waals surface area contributed by atoms with Crippen molar-refractivity contribution in [1.82, 2.24) is 0 Å². The maximum absolute atomic E-state index is 11.4. The van der Waals surface area contributed by atoms with Gasteiger partial charge in [0.05, 0.1) is 6.61 Å². The Morgan fingerprint density at radius 1 is 1.15 bits per heavy atom. The van der Waals surface area contributed by atoms with Gasteiger partial charge < -0.3 is 19.9 Å². The molecule has 27 heavy (non-hydrogen) atoms. The summed E-state index contributed by atoms with van der Waals surface area (Å²) in [5.41, 5.74) is 7.35. The molecule has 2 N–H and O–H groups in total. The minimum atomic E-state index is -0.771. The molecule has 1 fully saturated rings. The second-order valence-electron chi connectivity index (χ2n) is 7.96. The van der Waals surface area contributed by atoms with Crippen molar-refractivity contribution < 1.29 is 19.0 Å². The summed E-state index contributed by atoms with van der Waals surface area (Å²) in [4.78, 5) is 11.4. The molecule has 5 nitrogen and oxygen atoms in total. The molecule has 5 heteroatoms. The van der Waals surface area contributed by atoms with Crippen LogP contribution < -0.4 is 10.5 Å². The Labute approximate surface area is 160 Å². The summed E-state index contributed by atoms with van der Waals surface area (Å²) in [7, 11) is 0. The quantitative estimate of drug-likeness (QED) is 0.740. The van der Waals surface area contributed by atoms with E-state index < -0.39 is 12.2 Å². The topological polar surface area (TPSA) is 74.1 Å². The number of rotatable bonds is 7. The highest BCUT2D eigenvalue weighted by Crippen LogP contribution is 2.43. The van der Waals surface area contributed by atoms with Crippen molar-refractivity contribution in [2.75, 3.05) is 6.61 Å². The number of ether oxygens (including phenoxy) is 3. The molecule has 1 saturated heterocycles. The standard InChI is InChI=1S/C22H27NO4/c1-22(2,3)19(20(18-14-26-18)27-21(23)24)16-9-11-17(12-10-16)25-13-15-7-5-4-6-8-15/h4-12,18-20H,13-14H2,1-3H3,(H2,23,24)/t18-,19?,20-/m1/s1. The van der Waals surface area contributed by atoms with Crippen LogP contribution in [0.1, 0.15) is 37.8 Å². The first-order valence-corrected chi connectivity index (χ1v) is 9.19. The first-order chi connectivity index (χ1) is 12.8. The van der Waals surface area contributed by atoms with E-state index in [1.807, 2.05) is 54.6 Å². The van der Waals surface area contributed by atoms with Crippen LogP contribution in [-0.2, 0) is 16.1 Å². The van der Waals surface area contributed by atoms with Crippen molar-refractivity contribution in [2.24, 2.45) is 11.1 Å². The van der Waals surface area contributed by atoms with Crippen LogP contribution in [0.3, 0.4) is 0 Å². The lowest BCUT2D eigenvalue weighted by Gasteiger charge is -2.36. The predicted molar refractivity (Wildman–Crippen MR) is 104 cm³/mol. The van der Waals surface area contributed by atoms with Crippen molar-refractivity contribution in [2.45, 2.75) is 45.5 Å². The summed E-state index contributed by atoms with van der Waals surface area (Å²) in [6, 6.07) is 18.0. The maximum atomic E-state index is 11.4. The molecule has 0 bridgehead atoms. The predicted octanol–water partition coefficient (Wildman–Crippen LogP) is 4.26. The van der Waals surface area contributed by atoms with E-state index in [4.69, 9.17) is 19.9 Å². The van der Waals surface area contributed by atoms with Crippen LogP contribution in [0.4, 0.5) is 4.79 Å². The molecule has 3 atom stereocenters. The van der Waals surface area contributed by atoms with Crippen molar-refractivity contribution in [1.29, 1.82) is 0 Å². The van der Waals surface area contributed by atoms with Gasteiger partial charge in [0, 0.05) is 5.92 Å². The van der Waals surface area contributed by atoms with Gasteiger partial charge in [-0.15, -0.1) is 0 Å². The Morgan fingerprint density at radius 3 is 2.30 bits per heavy atom. The van der Waals surface area contributed by atoms with E-state index >= 15 is 0 Å². The molecule has 2 aromatic carbocycles. The van der Waals surface area contributed by atoms with E-state index in [0.717, 1.165) is 16.9 Å². The summed E-state index contributed by atoms with van der Waals surface area (Å²) in [5.74, 6) is 0.756. The molecule has 0 saturated carbocycles. The van der Waals surface area contributed by atoms with Crippen LogP contribution in [0.2, 0.25) is 0 Å². The Balaban J connectivity index is 1.75. The van der Waals surface area contributed by atoms with Gasteiger partial charge in [0.1, 0.15) is 24.6 Å². The minimum Gasteiger partial charge on any atom is -0.489 e. The lowest BCUT2D eigenvalue weighted by molar-refractivity contribution is 0.0400. The van der Waals surface area contributed by atoms with Gasteiger partial charge >= 0.3 is 6.09 Å². The third-order valence-electron chi connectivity index (χ3n) is 4.73. The SMILES string of the molecule is CC(C)(C)C(c1ccc(OCc2ccccc2)cc1)[C@H](OC(N)=O)[C@H]1CO1. The number of amides is 1. The third kappa shape index (κ3) is 5.23. The zero-order valence-corrected chi connectivity index (χ0v) is 16.1. The highest BCUT2D eigenvalue weighted by Gasteiger charge is 2.46. The Bertz CT molecular complexity index is 748. The fourth-order valence-corrected chi connectivity index (χ4v) is 3.43. The second kappa shape index (κ2) is 8.01. The molecule has 0 spiro atoms. The first-order valence-electron chi connectivity index (χ1n) is 9.19. The minimum absolute atomic E-state index is 0.0410. The summed E-state index contributed by atoms with van der Waals surface area (Å²) in [5, 5.41) is 0. The monoisotopic (exact) mass is 369 g/mol. The first kappa shape index (κ1) is 19.2. The van der Waals surface area contributed by atoms with Gasteiger partial charge in [-0.3, -0.25) is 0 Å². The zero-order chi connectivity index (χ0) is 19.4. The highest BCUT2D eigenvalue weighted by atomic mass is 16.6. The average molecular weight is 369 g/mol. The van der Waals surface area contributed by atoms with E-state index in [1.165, 1.54) is 0 Å². The number of benzene rings is 2. The maximum Gasteiger partial charge on any atom is 0.404 e. The number of nitrogens with two attached hydrogens (primary N) is 1. The lowest BCUT2D eigenvalue weighted by Crippen LogP contribution is -2.38. The Hall–Kier alpha value is -2.53. The number of epoxide rings is 1. The molecule has 0 aliphatic carbocycles. The summed E-state index contributed by atoms with van der Waals surface area (Å²) in [6.45, 7) is 7.47.